The quantitative estimate of drug-likeness (QED) is 0.553. The van der Waals surface area contributed by atoms with Gasteiger partial charge in [0.05, 0.1) is 11.1 Å². The van der Waals surface area contributed by atoms with Crippen molar-refractivity contribution in [2.24, 2.45) is 0 Å². The van der Waals surface area contributed by atoms with Crippen molar-refractivity contribution < 1.29 is 24.5 Å². The SMILES string of the molecule is C[C@@H]1CC2O[C@@H]2/C=C\C=C\CCc2c(Cl)c(O)cc(O)c2C(=O)O1. The average Bonchev–Trinajstić information content (AvgIpc) is 3.24. The molecule has 6 heteroatoms. The van der Waals surface area contributed by atoms with Gasteiger partial charge in [-0.1, -0.05) is 35.9 Å². The highest BCUT2D eigenvalue weighted by atomic mass is 35.5. The molecule has 2 aliphatic rings. The van der Waals surface area contributed by atoms with Gasteiger partial charge in [-0.05, 0) is 25.3 Å². The minimum atomic E-state index is -0.648. The zero-order valence-electron chi connectivity index (χ0n) is 13.2. The summed E-state index contributed by atoms with van der Waals surface area (Å²) in [7, 11) is 0. The molecule has 1 saturated heterocycles. The van der Waals surface area contributed by atoms with E-state index in [1.807, 2.05) is 24.3 Å². The van der Waals surface area contributed by atoms with Crippen molar-refractivity contribution in [3.05, 3.63) is 46.5 Å². The van der Waals surface area contributed by atoms with E-state index in [0.717, 1.165) is 6.07 Å². The third-order valence-corrected chi connectivity index (χ3v) is 4.55. The Labute approximate surface area is 145 Å². The summed E-state index contributed by atoms with van der Waals surface area (Å²) in [6, 6.07) is 1.06. The van der Waals surface area contributed by atoms with Crippen molar-refractivity contribution >= 4 is 17.6 Å². The van der Waals surface area contributed by atoms with Crippen molar-refractivity contribution in [3.63, 3.8) is 0 Å². The van der Waals surface area contributed by atoms with Gasteiger partial charge in [-0.15, -0.1) is 0 Å². The predicted octanol–water partition coefficient (Wildman–Crippen LogP) is 3.51. The lowest BCUT2D eigenvalue weighted by Gasteiger charge is -2.17. The van der Waals surface area contributed by atoms with Crippen LogP contribution in [0.25, 0.3) is 0 Å². The van der Waals surface area contributed by atoms with E-state index in [4.69, 9.17) is 21.1 Å². The van der Waals surface area contributed by atoms with Crippen molar-refractivity contribution in [1.82, 2.24) is 0 Å². The fourth-order valence-electron chi connectivity index (χ4n) is 2.85. The van der Waals surface area contributed by atoms with E-state index in [1.54, 1.807) is 6.92 Å². The zero-order chi connectivity index (χ0) is 17.3. The molecule has 5 nitrogen and oxygen atoms in total. The highest BCUT2D eigenvalue weighted by Crippen LogP contribution is 2.38. The van der Waals surface area contributed by atoms with Gasteiger partial charge in [0, 0.05) is 12.5 Å². The lowest BCUT2D eigenvalue weighted by atomic mass is 10.0. The van der Waals surface area contributed by atoms with Crippen molar-refractivity contribution in [2.75, 3.05) is 0 Å². The third kappa shape index (κ3) is 3.57. The van der Waals surface area contributed by atoms with Crippen LogP contribution in [0.15, 0.2) is 30.4 Å². The number of aromatic hydroxyl groups is 2. The van der Waals surface area contributed by atoms with E-state index in [2.05, 4.69) is 0 Å². The van der Waals surface area contributed by atoms with Gasteiger partial charge in [0.2, 0.25) is 0 Å². The second-order valence-electron chi connectivity index (χ2n) is 6.02. The number of rotatable bonds is 0. The lowest BCUT2D eigenvalue weighted by molar-refractivity contribution is 0.0305. The molecule has 2 N–H and O–H groups in total. The smallest absolute Gasteiger partial charge is 0.342 e. The molecule has 0 radical (unpaired) electrons. The van der Waals surface area contributed by atoms with E-state index >= 15 is 0 Å². The standard InChI is InChI=1S/C18H19ClO5/c1-10-8-15-14(24-15)7-5-3-2-4-6-11-16(18(22)23-10)12(20)9-13(21)17(11)19/h2-3,5,7,9-10,14-15,20-21H,4,6,8H2,1H3/b3-2+,7-5-/t10-,14-,15?/m1/s1. The molecule has 1 aromatic carbocycles. The van der Waals surface area contributed by atoms with Crippen LogP contribution in [0.1, 0.15) is 35.7 Å². The Balaban J connectivity index is 1.95. The lowest BCUT2D eigenvalue weighted by Crippen LogP contribution is -2.19. The Kier molecular flexibility index (Phi) is 4.83. The van der Waals surface area contributed by atoms with Crippen LogP contribution in [0.4, 0.5) is 0 Å². The normalized spacial score (nSPS) is 29.6. The van der Waals surface area contributed by atoms with E-state index < -0.39 is 5.97 Å². The molecular formula is C18H19ClO5. The Morgan fingerprint density at radius 1 is 1.25 bits per heavy atom. The summed E-state index contributed by atoms with van der Waals surface area (Å²) in [4.78, 5) is 12.5. The highest BCUT2D eigenvalue weighted by Gasteiger charge is 2.38. The summed E-state index contributed by atoms with van der Waals surface area (Å²) >= 11 is 6.14. The molecule has 0 aliphatic carbocycles. The van der Waals surface area contributed by atoms with Gasteiger partial charge in [0.25, 0.3) is 0 Å². The van der Waals surface area contributed by atoms with Crippen LogP contribution < -0.4 is 0 Å². The maximum absolute atomic E-state index is 12.5. The Morgan fingerprint density at radius 2 is 2.04 bits per heavy atom. The molecule has 0 aromatic heterocycles. The number of phenolic OH excluding ortho intramolecular Hbond substituents is 2. The monoisotopic (exact) mass is 350 g/mol. The molecule has 0 saturated carbocycles. The molecular weight excluding hydrogens is 332 g/mol. The first-order valence-corrected chi connectivity index (χ1v) is 8.28. The number of hydrogen-bond acceptors (Lipinski definition) is 5. The number of carbonyl (C=O) groups excluding carboxylic acids is 1. The first kappa shape index (κ1) is 16.9. The highest BCUT2D eigenvalue weighted by molar-refractivity contribution is 6.33. The van der Waals surface area contributed by atoms with Gasteiger partial charge in [-0.3, -0.25) is 0 Å². The molecule has 0 bridgehead atoms. The number of allylic oxidation sites excluding steroid dienone is 3. The summed E-state index contributed by atoms with van der Waals surface area (Å²) in [5.74, 6) is -1.24. The van der Waals surface area contributed by atoms with Crippen LogP contribution in [0.5, 0.6) is 11.5 Å². The second kappa shape index (κ2) is 6.87. The van der Waals surface area contributed by atoms with Crippen LogP contribution in [-0.4, -0.2) is 34.5 Å². The minimum Gasteiger partial charge on any atom is -0.507 e. The van der Waals surface area contributed by atoms with Crippen molar-refractivity contribution in [3.8, 4) is 11.5 Å². The molecule has 0 amide bonds. The number of fused-ring (bicyclic) bond motifs is 2. The molecule has 2 heterocycles. The number of halogens is 1. The number of carbonyl (C=O) groups is 1. The van der Waals surface area contributed by atoms with Gasteiger partial charge in [-0.2, -0.15) is 0 Å². The van der Waals surface area contributed by atoms with Gasteiger partial charge in [0.15, 0.2) is 0 Å². The molecule has 2 aliphatic heterocycles. The molecule has 1 unspecified atom stereocenters. The maximum Gasteiger partial charge on any atom is 0.342 e. The van der Waals surface area contributed by atoms with Gasteiger partial charge in [-0.25, -0.2) is 4.79 Å². The summed E-state index contributed by atoms with van der Waals surface area (Å²) in [5.41, 5.74) is 0.400. The van der Waals surface area contributed by atoms with E-state index in [-0.39, 0.29) is 40.4 Å². The maximum atomic E-state index is 12.5. The summed E-state index contributed by atoms with van der Waals surface area (Å²) in [5, 5.41) is 20.0. The number of ether oxygens (including phenoxy) is 2. The van der Waals surface area contributed by atoms with Gasteiger partial charge >= 0.3 is 5.97 Å². The first-order chi connectivity index (χ1) is 11.5. The molecule has 1 fully saturated rings. The number of epoxide rings is 1. The van der Waals surface area contributed by atoms with E-state index in [1.165, 1.54) is 0 Å². The topological polar surface area (TPSA) is 79.3 Å². The second-order valence-corrected chi connectivity index (χ2v) is 6.40. The van der Waals surface area contributed by atoms with Crippen LogP contribution in [0, 0.1) is 0 Å². The minimum absolute atomic E-state index is 0.0129. The zero-order valence-corrected chi connectivity index (χ0v) is 14.0. The van der Waals surface area contributed by atoms with Crippen LogP contribution in [0.3, 0.4) is 0 Å². The van der Waals surface area contributed by atoms with E-state index in [9.17, 15) is 15.0 Å². The average molecular weight is 351 g/mol. The number of cyclic esters (lactones) is 1. The Morgan fingerprint density at radius 3 is 2.83 bits per heavy atom. The van der Waals surface area contributed by atoms with E-state index in [0.29, 0.717) is 24.8 Å². The van der Waals surface area contributed by atoms with Crippen molar-refractivity contribution in [1.29, 1.82) is 0 Å². The summed E-state index contributed by atoms with van der Waals surface area (Å²) in [6.45, 7) is 1.78. The molecule has 3 atom stereocenters. The number of hydrogen-bond donors (Lipinski definition) is 2. The van der Waals surface area contributed by atoms with Gasteiger partial charge in [0.1, 0.15) is 29.3 Å². The molecule has 24 heavy (non-hydrogen) atoms. The summed E-state index contributed by atoms with van der Waals surface area (Å²) < 4.78 is 10.9. The largest absolute Gasteiger partial charge is 0.507 e. The molecule has 0 spiro atoms. The predicted molar refractivity (Wildman–Crippen MR) is 89.5 cm³/mol. The van der Waals surface area contributed by atoms with Gasteiger partial charge < -0.3 is 19.7 Å². The number of phenols is 2. The number of benzene rings is 1. The third-order valence-electron chi connectivity index (χ3n) is 4.13. The number of esters is 1. The Hall–Kier alpha value is -1.98. The summed E-state index contributed by atoms with van der Waals surface area (Å²) in [6.07, 6.45) is 9.03. The fraction of sp³-hybridized carbons (Fsp3) is 0.389. The molecule has 128 valence electrons. The molecule has 1 aromatic rings. The van der Waals surface area contributed by atoms with Crippen LogP contribution >= 0.6 is 11.6 Å². The van der Waals surface area contributed by atoms with Crippen molar-refractivity contribution in [2.45, 2.75) is 44.5 Å². The van der Waals surface area contributed by atoms with Crippen LogP contribution in [-0.2, 0) is 15.9 Å². The Bertz CT molecular complexity index is 710. The van der Waals surface area contributed by atoms with Crippen LogP contribution in [0.2, 0.25) is 5.02 Å². The molecule has 3 rings (SSSR count). The fourth-order valence-corrected chi connectivity index (χ4v) is 3.10. The first-order valence-electron chi connectivity index (χ1n) is 7.90.